The third-order valence-electron chi connectivity index (χ3n) is 8.46. The molecule has 0 aromatic rings. The van der Waals surface area contributed by atoms with E-state index in [1.54, 1.807) is 0 Å². The Hall–Kier alpha value is -0.920. The highest BCUT2D eigenvalue weighted by Gasteiger charge is 2.24. The van der Waals surface area contributed by atoms with Crippen molar-refractivity contribution in [2.45, 2.75) is 206 Å². The molecule has 0 rings (SSSR count). The molecule has 0 aromatic heterocycles. The third-order valence-corrected chi connectivity index (χ3v) is 9.24. The first-order chi connectivity index (χ1) is 20.8. The van der Waals surface area contributed by atoms with Gasteiger partial charge in [-0.1, -0.05) is 180 Å². The van der Waals surface area contributed by atoms with E-state index in [-0.39, 0.29) is 5.91 Å². The van der Waals surface area contributed by atoms with Crippen molar-refractivity contribution in [1.82, 2.24) is 5.32 Å². The van der Waals surface area contributed by atoms with Gasteiger partial charge in [-0.05, 0) is 19.3 Å². The number of aliphatic hydroxyl groups excluding tert-OH is 1. The second kappa shape index (κ2) is 31.1. The highest BCUT2D eigenvalue weighted by molar-refractivity contribution is 7.85. The van der Waals surface area contributed by atoms with Crippen LogP contribution in [0.2, 0.25) is 0 Å². The Bertz CT molecular complexity index is 740. The number of carbonyl (C=O) groups is 1. The number of carbonyl (C=O) groups excluding carboxylic acids is 1. The maximum absolute atomic E-state index is 12.4. The summed E-state index contributed by atoms with van der Waals surface area (Å²) in [5, 5.41) is 13.1. The number of rotatable bonds is 33. The number of nitrogens with one attached hydrogen (secondary N) is 1. The zero-order valence-electron chi connectivity index (χ0n) is 28.3. The van der Waals surface area contributed by atoms with E-state index >= 15 is 0 Å². The second-order valence-corrected chi connectivity index (χ2v) is 14.4. The highest BCUT2D eigenvalue weighted by atomic mass is 32.2. The van der Waals surface area contributed by atoms with Gasteiger partial charge in [-0.2, -0.15) is 8.42 Å². The minimum absolute atomic E-state index is 0.279. The van der Waals surface area contributed by atoms with Gasteiger partial charge in [0, 0.05) is 6.42 Å². The van der Waals surface area contributed by atoms with Crippen LogP contribution in [0.1, 0.15) is 194 Å². The van der Waals surface area contributed by atoms with Gasteiger partial charge in [0.1, 0.15) is 0 Å². The van der Waals surface area contributed by atoms with E-state index in [1.165, 1.54) is 141 Å². The summed E-state index contributed by atoms with van der Waals surface area (Å²) < 4.78 is 32.1. The first-order valence-electron chi connectivity index (χ1n) is 18.4. The summed E-state index contributed by atoms with van der Waals surface area (Å²) in [5.74, 6) is -0.974. The third kappa shape index (κ3) is 32.3. The molecule has 2 atom stereocenters. The predicted octanol–water partition coefficient (Wildman–Crippen LogP) is 10.2. The molecular weight excluding hydrogens is 558 g/mol. The Kier molecular flexibility index (Phi) is 30.4. The molecule has 1 amide bonds. The van der Waals surface area contributed by atoms with Gasteiger partial charge in [0.2, 0.25) is 5.91 Å². The lowest BCUT2D eigenvalue weighted by Crippen LogP contribution is -2.46. The van der Waals surface area contributed by atoms with Crippen molar-refractivity contribution >= 4 is 16.0 Å². The van der Waals surface area contributed by atoms with Crippen LogP contribution in [0, 0.1) is 0 Å². The van der Waals surface area contributed by atoms with E-state index in [0.29, 0.717) is 6.42 Å². The molecule has 0 saturated carbocycles. The lowest BCUT2D eigenvalue weighted by atomic mass is 10.0. The number of amides is 1. The van der Waals surface area contributed by atoms with Gasteiger partial charge in [-0.15, -0.1) is 0 Å². The zero-order valence-corrected chi connectivity index (χ0v) is 29.2. The largest absolute Gasteiger partial charge is 0.387 e. The average molecular weight is 630 g/mol. The summed E-state index contributed by atoms with van der Waals surface area (Å²) in [6, 6.07) is -1.05. The molecule has 7 heteroatoms. The number of hydrogen-bond acceptors (Lipinski definition) is 4. The molecule has 6 nitrogen and oxygen atoms in total. The van der Waals surface area contributed by atoms with Crippen LogP contribution in [0.3, 0.4) is 0 Å². The van der Waals surface area contributed by atoms with E-state index in [9.17, 15) is 22.9 Å². The van der Waals surface area contributed by atoms with Crippen molar-refractivity contribution in [2.24, 2.45) is 0 Å². The van der Waals surface area contributed by atoms with Gasteiger partial charge in [-0.3, -0.25) is 9.35 Å². The van der Waals surface area contributed by atoms with E-state index in [4.69, 9.17) is 0 Å². The normalized spacial score (nSPS) is 13.5. The number of allylic oxidation sites excluding steroid dienone is 1. The van der Waals surface area contributed by atoms with Crippen LogP contribution < -0.4 is 5.32 Å². The molecule has 0 fully saturated rings. The predicted molar refractivity (Wildman–Crippen MR) is 184 cm³/mol. The fourth-order valence-corrected chi connectivity index (χ4v) is 6.42. The summed E-state index contributed by atoms with van der Waals surface area (Å²) in [7, 11) is -4.32. The van der Waals surface area contributed by atoms with Crippen molar-refractivity contribution in [3.8, 4) is 0 Å². The molecule has 0 spiro atoms. The summed E-state index contributed by atoms with van der Waals surface area (Å²) in [6.07, 6.45) is 36.6. The van der Waals surface area contributed by atoms with Crippen LogP contribution >= 0.6 is 0 Å². The molecule has 0 aromatic carbocycles. The van der Waals surface area contributed by atoms with Crippen molar-refractivity contribution in [1.29, 1.82) is 0 Å². The van der Waals surface area contributed by atoms with E-state index in [2.05, 4.69) is 19.2 Å². The van der Waals surface area contributed by atoms with Gasteiger partial charge >= 0.3 is 0 Å². The Labute approximate surface area is 267 Å². The maximum Gasteiger partial charge on any atom is 0.267 e. The van der Waals surface area contributed by atoms with E-state index < -0.39 is 28.0 Å². The first-order valence-corrected chi connectivity index (χ1v) is 20.0. The molecule has 3 N–H and O–H groups in total. The van der Waals surface area contributed by atoms with Gasteiger partial charge in [0.05, 0.1) is 17.9 Å². The topological polar surface area (TPSA) is 104 Å². The SMILES string of the molecule is CCCCCCC/C=C/C(O)C(CS(=O)(=O)O)NC(=O)CCCCCCCCCCCCCCCCCCCCCCC. The van der Waals surface area contributed by atoms with Crippen molar-refractivity contribution in [3.05, 3.63) is 12.2 Å². The van der Waals surface area contributed by atoms with Gasteiger partial charge in [0.25, 0.3) is 10.1 Å². The summed E-state index contributed by atoms with van der Waals surface area (Å²) in [5.41, 5.74) is 0. The average Bonchev–Trinajstić information content (AvgIpc) is 2.96. The smallest absolute Gasteiger partial charge is 0.267 e. The van der Waals surface area contributed by atoms with Gasteiger partial charge < -0.3 is 10.4 Å². The molecule has 0 saturated heterocycles. The molecule has 0 bridgehead atoms. The fraction of sp³-hybridized carbons (Fsp3) is 0.917. The summed E-state index contributed by atoms with van der Waals surface area (Å²) >= 11 is 0. The first kappa shape index (κ1) is 42.1. The van der Waals surface area contributed by atoms with Crippen molar-refractivity contribution in [2.75, 3.05) is 5.75 Å². The second-order valence-electron chi connectivity index (χ2n) is 12.9. The minimum Gasteiger partial charge on any atom is -0.387 e. The van der Waals surface area contributed by atoms with Crippen LogP contribution in [0.5, 0.6) is 0 Å². The lowest BCUT2D eigenvalue weighted by Gasteiger charge is -2.21. The number of hydrogen-bond donors (Lipinski definition) is 3. The molecule has 0 heterocycles. The molecule has 43 heavy (non-hydrogen) atoms. The molecule has 0 radical (unpaired) electrons. The van der Waals surface area contributed by atoms with E-state index in [0.717, 1.165) is 38.5 Å². The Morgan fingerprint density at radius 2 is 0.953 bits per heavy atom. The van der Waals surface area contributed by atoms with Crippen LogP contribution in [0.4, 0.5) is 0 Å². The fourth-order valence-electron chi connectivity index (χ4n) is 5.68. The van der Waals surface area contributed by atoms with Crippen LogP contribution in [-0.2, 0) is 14.9 Å². The standard InChI is InChI=1S/C36H71NO5S/c1-3-5-7-9-11-12-13-14-15-16-17-18-19-20-21-22-23-24-26-28-30-32-36(39)37-34(33-43(40,41)42)35(38)31-29-27-25-10-8-6-4-2/h29,31,34-35,38H,3-28,30,32-33H2,1-2H3,(H,37,39)(H,40,41,42)/b31-29+. The molecule has 0 aliphatic heterocycles. The highest BCUT2D eigenvalue weighted by Crippen LogP contribution is 2.15. The maximum atomic E-state index is 12.4. The minimum atomic E-state index is -4.32. The van der Waals surface area contributed by atoms with Crippen molar-refractivity contribution in [3.63, 3.8) is 0 Å². The van der Waals surface area contributed by atoms with Crippen LogP contribution in [0.25, 0.3) is 0 Å². The lowest BCUT2D eigenvalue weighted by molar-refractivity contribution is -0.122. The molecule has 0 aliphatic rings. The monoisotopic (exact) mass is 630 g/mol. The van der Waals surface area contributed by atoms with Crippen LogP contribution in [-0.4, -0.2) is 41.9 Å². The van der Waals surface area contributed by atoms with E-state index in [1.807, 2.05) is 6.08 Å². The number of aliphatic hydroxyl groups is 1. The van der Waals surface area contributed by atoms with Gasteiger partial charge in [-0.25, -0.2) is 0 Å². The molecule has 256 valence electrons. The summed E-state index contributed by atoms with van der Waals surface area (Å²) in [6.45, 7) is 4.45. The molecular formula is C36H71NO5S. The molecule has 2 unspecified atom stereocenters. The Morgan fingerprint density at radius 3 is 1.33 bits per heavy atom. The van der Waals surface area contributed by atoms with Crippen molar-refractivity contribution < 1.29 is 22.9 Å². The Balaban J connectivity index is 3.75. The zero-order chi connectivity index (χ0) is 31.9. The van der Waals surface area contributed by atoms with Gasteiger partial charge in [0.15, 0.2) is 0 Å². The van der Waals surface area contributed by atoms with Crippen LogP contribution in [0.15, 0.2) is 12.2 Å². The number of unbranched alkanes of at least 4 members (excludes halogenated alkanes) is 25. The Morgan fingerprint density at radius 1 is 0.605 bits per heavy atom. The summed E-state index contributed by atoms with van der Waals surface area (Å²) in [4.78, 5) is 12.4. The quantitative estimate of drug-likeness (QED) is 0.0381. The molecule has 0 aliphatic carbocycles.